The molecule has 4 aliphatic rings. The first-order valence-electron chi connectivity index (χ1n) is 11.9. The molecule has 3 aliphatic heterocycles. The molecule has 0 bridgehead atoms. The number of halogens is 2. The molecule has 0 N–H and O–H groups in total. The van der Waals surface area contributed by atoms with Crippen molar-refractivity contribution < 1.29 is 9.53 Å². The summed E-state index contributed by atoms with van der Waals surface area (Å²) in [6, 6.07) is 6.70. The van der Waals surface area contributed by atoms with Gasteiger partial charge in [-0.3, -0.25) is 14.6 Å². The first-order chi connectivity index (χ1) is 15.1. The molecule has 31 heavy (non-hydrogen) atoms. The zero-order valence-corrected chi connectivity index (χ0v) is 19.7. The molecule has 1 aromatic rings. The Bertz CT molecular complexity index is 795. The van der Waals surface area contributed by atoms with Crippen LogP contribution >= 0.6 is 23.2 Å². The normalized spacial score (nSPS) is 30.6. The molecule has 0 aromatic heterocycles. The van der Waals surface area contributed by atoms with Gasteiger partial charge in [0.15, 0.2) is 0 Å². The van der Waals surface area contributed by atoms with E-state index in [2.05, 4.69) is 14.7 Å². The molecular weight excluding hydrogens is 433 g/mol. The van der Waals surface area contributed by atoms with Crippen molar-refractivity contribution in [3.05, 3.63) is 33.8 Å². The van der Waals surface area contributed by atoms with Crippen LogP contribution < -0.4 is 0 Å². The molecule has 1 amide bonds. The lowest BCUT2D eigenvalue weighted by Gasteiger charge is -2.54. The van der Waals surface area contributed by atoms with Gasteiger partial charge in [-0.2, -0.15) is 0 Å². The van der Waals surface area contributed by atoms with Crippen molar-refractivity contribution in [1.82, 2.24) is 14.7 Å². The second-order valence-electron chi connectivity index (χ2n) is 9.61. The van der Waals surface area contributed by atoms with E-state index in [1.807, 2.05) is 12.1 Å². The topological polar surface area (TPSA) is 36.0 Å². The Morgan fingerprint density at radius 3 is 2.48 bits per heavy atom. The third kappa shape index (κ3) is 4.63. The average Bonchev–Trinajstić information content (AvgIpc) is 3.49. The molecule has 170 valence electrons. The van der Waals surface area contributed by atoms with E-state index in [-0.39, 0.29) is 18.1 Å². The predicted octanol–water partition coefficient (Wildman–Crippen LogP) is 3.85. The summed E-state index contributed by atoms with van der Waals surface area (Å²) >= 11 is 12.3. The van der Waals surface area contributed by atoms with Crippen LogP contribution in [0.15, 0.2) is 18.2 Å². The Labute approximate surface area is 195 Å². The molecule has 4 fully saturated rings. The summed E-state index contributed by atoms with van der Waals surface area (Å²) < 4.78 is 6.33. The van der Waals surface area contributed by atoms with Gasteiger partial charge in [-0.1, -0.05) is 42.1 Å². The summed E-state index contributed by atoms with van der Waals surface area (Å²) in [5.74, 6) is 0.176. The summed E-state index contributed by atoms with van der Waals surface area (Å²) in [5.41, 5.74) is 0.920. The van der Waals surface area contributed by atoms with E-state index in [1.54, 1.807) is 6.07 Å². The number of carbonyl (C=O) groups excluding carboxylic acids is 1. The zero-order chi connectivity index (χ0) is 21.4. The maximum absolute atomic E-state index is 13.5. The van der Waals surface area contributed by atoms with Crippen molar-refractivity contribution in [3.8, 4) is 0 Å². The average molecular weight is 466 g/mol. The highest BCUT2D eigenvalue weighted by Gasteiger charge is 2.48. The molecule has 5 rings (SSSR count). The summed E-state index contributed by atoms with van der Waals surface area (Å²) in [6.07, 6.45) is 8.29. The van der Waals surface area contributed by atoms with Crippen LogP contribution in [0.25, 0.3) is 0 Å². The minimum atomic E-state index is 0.103. The summed E-state index contributed by atoms with van der Waals surface area (Å²) in [7, 11) is 0. The number of ether oxygens (including phenoxy) is 1. The fourth-order valence-electron chi connectivity index (χ4n) is 6.21. The number of hydrogen-bond donors (Lipinski definition) is 0. The van der Waals surface area contributed by atoms with E-state index in [1.165, 1.54) is 38.5 Å². The highest BCUT2D eigenvalue weighted by atomic mass is 35.5. The molecule has 0 spiro atoms. The first kappa shape index (κ1) is 22.0. The minimum absolute atomic E-state index is 0.103. The van der Waals surface area contributed by atoms with Crippen LogP contribution in [0.2, 0.25) is 10.0 Å². The lowest BCUT2D eigenvalue weighted by Crippen LogP contribution is -2.71. The fraction of sp³-hybridized carbons (Fsp3) is 0.708. The number of fused-ring (bicyclic) bond motifs is 1. The van der Waals surface area contributed by atoms with Crippen molar-refractivity contribution >= 4 is 29.1 Å². The number of nitrogens with zero attached hydrogens (tertiary/aromatic N) is 3. The number of morpholine rings is 1. The number of carbonyl (C=O) groups is 1. The Hall–Kier alpha value is -0.850. The van der Waals surface area contributed by atoms with Crippen LogP contribution in [0.1, 0.15) is 44.1 Å². The molecule has 3 saturated heterocycles. The van der Waals surface area contributed by atoms with Crippen molar-refractivity contribution in [2.45, 2.75) is 69.2 Å². The summed E-state index contributed by atoms with van der Waals surface area (Å²) in [5, 5.41) is 1.03. The van der Waals surface area contributed by atoms with Gasteiger partial charge in [-0.25, -0.2) is 0 Å². The molecule has 3 atom stereocenters. The SMILES string of the molecule is O=C(Cc1ccc(Cl)c(Cl)c1)N1CCOC2CN(C3CCCC3)CC(N3CCCC3)C21. The molecule has 1 aliphatic carbocycles. The maximum atomic E-state index is 13.5. The van der Waals surface area contributed by atoms with Crippen LogP contribution in [0.4, 0.5) is 0 Å². The Morgan fingerprint density at radius 1 is 0.968 bits per heavy atom. The van der Waals surface area contributed by atoms with Gasteiger partial charge in [0.1, 0.15) is 0 Å². The number of amides is 1. The Morgan fingerprint density at radius 2 is 1.74 bits per heavy atom. The largest absolute Gasteiger partial charge is 0.373 e. The van der Waals surface area contributed by atoms with Gasteiger partial charge in [0.25, 0.3) is 0 Å². The van der Waals surface area contributed by atoms with E-state index >= 15 is 0 Å². The predicted molar refractivity (Wildman–Crippen MR) is 124 cm³/mol. The molecule has 1 saturated carbocycles. The van der Waals surface area contributed by atoms with Gasteiger partial charge in [0.2, 0.25) is 5.91 Å². The standard InChI is InChI=1S/C24H33Cl2N3O2/c25-19-8-7-17(13-20(19)26)14-23(30)29-11-12-31-22-16-28(18-5-1-2-6-18)15-21(24(22)29)27-9-3-4-10-27/h7-8,13,18,21-22,24H,1-6,9-12,14-16H2. The van der Waals surface area contributed by atoms with Crippen molar-refractivity contribution in [1.29, 1.82) is 0 Å². The first-order valence-corrected chi connectivity index (χ1v) is 12.7. The van der Waals surface area contributed by atoms with Crippen molar-refractivity contribution in [3.63, 3.8) is 0 Å². The Kier molecular flexibility index (Phi) is 6.78. The lowest BCUT2D eigenvalue weighted by atomic mass is 9.90. The van der Waals surface area contributed by atoms with Crippen LogP contribution in [0.3, 0.4) is 0 Å². The zero-order valence-electron chi connectivity index (χ0n) is 18.1. The summed E-state index contributed by atoms with van der Waals surface area (Å²) in [4.78, 5) is 20.9. The van der Waals surface area contributed by atoms with E-state index in [9.17, 15) is 4.79 Å². The molecule has 3 unspecified atom stereocenters. The number of rotatable bonds is 4. The highest BCUT2D eigenvalue weighted by Crippen LogP contribution is 2.34. The van der Waals surface area contributed by atoms with Crippen molar-refractivity contribution in [2.24, 2.45) is 0 Å². The molecular formula is C24H33Cl2N3O2. The van der Waals surface area contributed by atoms with Crippen molar-refractivity contribution in [2.75, 3.05) is 39.3 Å². The third-order valence-electron chi connectivity index (χ3n) is 7.75. The minimum Gasteiger partial charge on any atom is -0.373 e. The van der Waals surface area contributed by atoms with Gasteiger partial charge in [-0.05, 0) is 56.5 Å². The second kappa shape index (κ2) is 9.56. The van der Waals surface area contributed by atoms with Gasteiger partial charge in [0.05, 0.1) is 35.2 Å². The fourth-order valence-corrected chi connectivity index (χ4v) is 6.53. The van der Waals surface area contributed by atoms with Gasteiger partial charge in [-0.15, -0.1) is 0 Å². The number of piperidine rings is 1. The van der Waals surface area contributed by atoms with E-state index < -0.39 is 0 Å². The molecule has 7 heteroatoms. The van der Waals surface area contributed by atoms with Crippen LogP contribution in [0, 0.1) is 0 Å². The molecule has 5 nitrogen and oxygen atoms in total. The van der Waals surface area contributed by atoms with E-state index in [0.717, 1.165) is 31.7 Å². The monoisotopic (exact) mass is 465 g/mol. The Balaban J connectivity index is 1.36. The van der Waals surface area contributed by atoms with Gasteiger partial charge >= 0.3 is 0 Å². The van der Waals surface area contributed by atoms with E-state index in [0.29, 0.717) is 41.7 Å². The molecule has 0 radical (unpaired) electrons. The van der Waals surface area contributed by atoms with Crippen LogP contribution in [-0.2, 0) is 16.0 Å². The second-order valence-corrected chi connectivity index (χ2v) is 10.4. The van der Waals surface area contributed by atoms with Gasteiger partial charge < -0.3 is 9.64 Å². The number of benzene rings is 1. The van der Waals surface area contributed by atoms with Crippen LogP contribution in [0.5, 0.6) is 0 Å². The number of hydrogen-bond acceptors (Lipinski definition) is 4. The summed E-state index contributed by atoms with van der Waals surface area (Å²) in [6.45, 7) is 5.60. The quantitative estimate of drug-likeness (QED) is 0.676. The smallest absolute Gasteiger partial charge is 0.227 e. The maximum Gasteiger partial charge on any atom is 0.227 e. The van der Waals surface area contributed by atoms with Gasteiger partial charge in [0, 0.05) is 31.7 Å². The highest BCUT2D eigenvalue weighted by molar-refractivity contribution is 6.42. The molecule has 3 heterocycles. The lowest BCUT2D eigenvalue weighted by molar-refractivity contribution is -0.163. The number of likely N-dealkylation sites (tertiary alicyclic amines) is 2. The third-order valence-corrected chi connectivity index (χ3v) is 8.48. The molecule has 1 aromatic carbocycles. The van der Waals surface area contributed by atoms with E-state index in [4.69, 9.17) is 27.9 Å². The van der Waals surface area contributed by atoms with Crippen LogP contribution in [-0.4, -0.2) is 84.2 Å².